The molecule has 0 unspecified atom stereocenters. The summed E-state index contributed by atoms with van der Waals surface area (Å²) in [7, 11) is 0. The van der Waals surface area contributed by atoms with E-state index in [1.54, 1.807) is 0 Å². The lowest BCUT2D eigenvalue weighted by Gasteiger charge is -2.29. The Morgan fingerprint density at radius 2 is 1.97 bits per heavy atom. The van der Waals surface area contributed by atoms with E-state index in [0.717, 1.165) is 48.0 Å². The van der Waals surface area contributed by atoms with Gasteiger partial charge < -0.3 is 4.90 Å². The standard InChI is InChI=1S/C24H26N4O/c1-16(2)19-7-4-6-18(12-19)13-23(29)22-8-5-9-24(27-22)28-11-10-21-20(15-28)14-25-17(3)26-21/h4-9,12,14,16H,10-11,13,15H2,1-3H3. The minimum Gasteiger partial charge on any atom is -0.352 e. The number of carbonyl (C=O) groups excluding carboxylic acids is 1. The van der Waals surface area contributed by atoms with Gasteiger partial charge in [-0.15, -0.1) is 0 Å². The van der Waals surface area contributed by atoms with Crippen LogP contribution in [0.2, 0.25) is 0 Å². The molecular weight excluding hydrogens is 360 g/mol. The van der Waals surface area contributed by atoms with Gasteiger partial charge in [-0.2, -0.15) is 0 Å². The summed E-state index contributed by atoms with van der Waals surface area (Å²) in [6.07, 6.45) is 3.13. The average molecular weight is 386 g/mol. The first-order chi connectivity index (χ1) is 14.0. The summed E-state index contributed by atoms with van der Waals surface area (Å²) < 4.78 is 0. The second kappa shape index (κ2) is 8.11. The highest BCUT2D eigenvalue weighted by Gasteiger charge is 2.20. The molecule has 0 fully saturated rings. The molecule has 3 heterocycles. The molecule has 0 atom stereocenters. The number of benzene rings is 1. The van der Waals surface area contributed by atoms with Crippen molar-refractivity contribution in [3.63, 3.8) is 0 Å². The van der Waals surface area contributed by atoms with Gasteiger partial charge in [0.2, 0.25) is 0 Å². The summed E-state index contributed by atoms with van der Waals surface area (Å²) in [6.45, 7) is 7.80. The van der Waals surface area contributed by atoms with E-state index in [0.29, 0.717) is 18.0 Å². The minimum atomic E-state index is 0.0455. The zero-order valence-corrected chi connectivity index (χ0v) is 17.2. The Labute approximate surface area is 171 Å². The second-order valence-corrected chi connectivity index (χ2v) is 7.94. The van der Waals surface area contributed by atoms with Crippen LogP contribution in [0.3, 0.4) is 0 Å². The van der Waals surface area contributed by atoms with Gasteiger partial charge in [0.05, 0.1) is 5.69 Å². The van der Waals surface area contributed by atoms with E-state index in [-0.39, 0.29) is 5.78 Å². The first-order valence-electron chi connectivity index (χ1n) is 10.1. The molecule has 0 N–H and O–H groups in total. The third-order valence-corrected chi connectivity index (χ3v) is 5.38. The maximum absolute atomic E-state index is 12.9. The fraction of sp³-hybridized carbons (Fsp3) is 0.333. The fourth-order valence-electron chi connectivity index (χ4n) is 3.70. The van der Waals surface area contributed by atoms with Crippen molar-refractivity contribution >= 4 is 11.6 Å². The van der Waals surface area contributed by atoms with Crippen LogP contribution in [0, 0.1) is 6.92 Å². The van der Waals surface area contributed by atoms with E-state index >= 15 is 0 Å². The van der Waals surface area contributed by atoms with Crippen LogP contribution in [0.5, 0.6) is 0 Å². The maximum Gasteiger partial charge on any atom is 0.185 e. The smallest absolute Gasteiger partial charge is 0.185 e. The van der Waals surface area contributed by atoms with Crippen LogP contribution in [-0.4, -0.2) is 27.3 Å². The molecule has 5 heteroatoms. The zero-order chi connectivity index (χ0) is 20.4. The Morgan fingerprint density at radius 1 is 1.14 bits per heavy atom. The Bertz CT molecular complexity index is 1040. The number of fused-ring (bicyclic) bond motifs is 1. The molecule has 0 aliphatic carbocycles. The van der Waals surface area contributed by atoms with Crippen LogP contribution < -0.4 is 4.90 Å². The van der Waals surface area contributed by atoms with E-state index in [1.165, 1.54) is 5.56 Å². The van der Waals surface area contributed by atoms with Crippen molar-refractivity contribution in [1.82, 2.24) is 15.0 Å². The molecular formula is C24H26N4O. The summed E-state index contributed by atoms with van der Waals surface area (Å²) in [5.74, 6) is 2.13. The van der Waals surface area contributed by atoms with Crippen molar-refractivity contribution in [3.05, 3.63) is 82.6 Å². The van der Waals surface area contributed by atoms with Gasteiger partial charge in [-0.3, -0.25) is 4.79 Å². The number of ketones is 1. The molecule has 1 aliphatic rings. The number of carbonyl (C=O) groups is 1. The highest BCUT2D eigenvalue weighted by molar-refractivity contribution is 5.96. The molecule has 3 aromatic rings. The van der Waals surface area contributed by atoms with Crippen LogP contribution in [0.4, 0.5) is 5.82 Å². The maximum atomic E-state index is 12.9. The molecule has 2 aromatic heterocycles. The number of hydrogen-bond acceptors (Lipinski definition) is 5. The molecule has 4 rings (SSSR count). The van der Waals surface area contributed by atoms with Crippen LogP contribution in [0.1, 0.15) is 58.5 Å². The van der Waals surface area contributed by atoms with Crippen molar-refractivity contribution < 1.29 is 4.79 Å². The lowest BCUT2D eigenvalue weighted by atomic mass is 9.98. The summed E-state index contributed by atoms with van der Waals surface area (Å²) in [5, 5.41) is 0. The molecule has 148 valence electrons. The van der Waals surface area contributed by atoms with E-state index in [1.807, 2.05) is 43.5 Å². The van der Waals surface area contributed by atoms with Crippen molar-refractivity contribution in [3.8, 4) is 0 Å². The number of aryl methyl sites for hydroxylation is 1. The van der Waals surface area contributed by atoms with E-state index < -0.39 is 0 Å². The Balaban J connectivity index is 1.51. The molecule has 0 spiro atoms. The number of anilines is 1. The Morgan fingerprint density at radius 3 is 2.79 bits per heavy atom. The van der Waals surface area contributed by atoms with Crippen molar-refractivity contribution in [1.29, 1.82) is 0 Å². The van der Waals surface area contributed by atoms with E-state index in [9.17, 15) is 4.79 Å². The molecule has 0 amide bonds. The molecule has 0 saturated heterocycles. The summed E-state index contributed by atoms with van der Waals surface area (Å²) in [4.78, 5) is 28.6. The van der Waals surface area contributed by atoms with Crippen LogP contribution in [-0.2, 0) is 19.4 Å². The fourth-order valence-corrected chi connectivity index (χ4v) is 3.70. The van der Waals surface area contributed by atoms with Gasteiger partial charge in [-0.1, -0.05) is 44.2 Å². The number of nitrogens with zero attached hydrogens (tertiary/aromatic N) is 4. The van der Waals surface area contributed by atoms with Gasteiger partial charge >= 0.3 is 0 Å². The molecule has 29 heavy (non-hydrogen) atoms. The molecule has 1 aromatic carbocycles. The van der Waals surface area contributed by atoms with Gasteiger partial charge in [0.15, 0.2) is 5.78 Å². The largest absolute Gasteiger partial charge is 0.352 e. The Kier molecular flexibility index (Phi) is 5.38. The minimum absolute atomic E-state index is 0.0455. The predicted molar refractivity (Wildman–Crippen MR) is 114 cm³/mol. The molecule has 1 aliphatic heterocycles. The lowest BCUT2D eigenvalue weighted by Crippen LogP contribution is -2.32. The SMILES string of the molecule is Cc1ncc2c(n1)CCN(c1cccc(C(=O)Cc3cccc(C(C)C)c3)n1)C2. The van der Waals surface area contributed by atoms with Crippen LogP contribution >= 0.6 is 0 Å². The van der Waals surface area contributed by atoms with Gasteiger partial charge in [0, 0.05) is 37.7 Å². The van der Waals surface area contributed by atoms with Gasteiger partial charge in [-0.25, -0.2) is 15.0 Å². The molecule has 0 bridgehead atoms. The Hall–Kier alpha value is -3.08. The monoisotopic (exact) mass is 386 g/mol. The van der Waals surface area contributed by atoms with Gasteiger partial charge in [0.1, 0.15) is 17.3 Å². The number of Topliss-reactive ketones (excluding diaryl/α,β-unsaturated/α-hetero) is 1. The average Bonchev–Trinajstić information content (AvgIpc) is 2.73. The normalized spacial score (nSPS) is 13.4. The topological polar surface area (TPSA) is 59.0 Å². The van der Waals surface area contributed by atoms with Crippen molar-refractivity contribution in [2.24, 2.45) is 0 Å². The second-order valence-electron chi connectivity index (χ2n) is 7.94. The first kappa shape index (κ1) is 19.2. The summed E-state index contributed by atoms with van der Waals surface area (Å²) in [6, 6.07) is 14.0. The predicted octanol–water partition coefficient (Wildman–Crippen LogP) is 4.29. The summed E-state index contributed by atoms with van der Waals surface area (Å²) in [5.41, 5.74) is 5.05. The van der Waals surface area contributed by atoms with E-state index in [4.69, 9.17) is 0 Å². The third-order valence-electron chi connectivity index (χ3n) is 5.38. The lowest BCUT2D eigenvalue weighted by molar-refractivity contribution is 0.0988. The van der Waals surface area contributed by atoms with Crippen molar-refractivity contribution in [2.75, 3.05) is 11.4 Å². The molecule has 0 saturated carbocycles. The highest BCUT2D eigenvalue weighted by Crippen LogP contribution is 2.22. The quantitative estimate of drug-likeness (QED) is 0.612. The number of rotatable bonds is 5. The van der Waals surface area contributed by atoms with Gasteiger partial charge in [-0.05, 0) is 36.1 Å². The third kappa shape index (κ3) is 4.34. The first-order valence-corrected chi connectivity index (χ1v) is 10.1. The van der Waals surface area contributed by atoms with Gasteiger partial charge in [0.25, 0.3) is 0 Å². The molecule has 0 radical (unpaired) electrons. The molecule has 5 nitrogen and oxygen atoms in total. The summed E-state index contributed by atoms with van der Waals surface area (Å²) >= 11 is 0. The zero-order valence-electron chi connectivity index (χ0n) is 17.2. The van der Waals surface area contributed by atoms with Crippen LogP contribution in [0.25, 0.3) is 0 Å². The van der Waals surface area contributed by atoms with E-state index in [2.05, 4.69) is 45.8 Å². The number of pyridine rings is 1. The van der Waals surface area contributed by atoms with Crippen molar-refractivity contribution in [2.45, 2.75) is 46.1 Å². The number of hydrogen-bond donors (Lipinski definition) is 0. The van der Waals surface area contributed by atoms with Crippen LogP contribution in [0.15, 0.2) is 48.7 Å². The number of aromatic nitrogens is 3. The highest BCUT2D eigenvalue weighted by atomic mass is 16.1.